The highest BCUT2D eigenvalue weighted by atomic mass is 16.6. The van der Waals surface area contributed by atoms with Crippen LogP contribution in [0, 0.1) is 16.0 Å². The van der Waals surface area contributed by atoms with E-state index >= 15 is 0 Å². The van der Waals surface area contributed by atoms with E-state index in [1.165, 1.54) is 24.3 Å². The summed E-state index contributed by atoms with van der Waals surface area (Å²) < 4.78 is 10.7. The number of hydrogen-bond donors (Lipinski definition) is 1. The first-order chi connectivity index (χ1) is 14.5. The van der Waals surface area contributed by atoms with Gasteiger partial charge in [0, 0.05) is 12.1 Å². The van der Waals surface area contributed by atoms with E-state index in [1.807, 2.05) is 30.3 Å². The molecule has 1 saturated carbocycles. The van der Waals surface area contributed by atoms with E-state index in [9.17, 15) is 19.7 Å². The molecule has 30 heavy (non-hydrogen) atoms. The molecule has 1 aliphatic rings. The van der Waals surface area contributed by atoms with Gasteiger partial charge in [0.1, 0.15) is 18.4 Å². The number of esters is 1. The lowest BCUT2D eigenvalue weighted by molar-refractivity contribution is -0.384. The first-order valence-electron chi connectivity index (χ1n) is 9.96. The molecule has 1 amide bonds. The van der Waals surface area contributed by atoms with Crippen molar-refractivity contribution in [2.45, 2.75) is 44.8 Å². The van der Waals surface area contributed by atoms with E-state index in [0.29, 0.717) is 0 Å². The van der Waals surface area contributed by atoms with Gasteiger partial charge < -0.3 is 14.8 Å². The van der Waals surface area contributed by atoms with Gasteiger partial charge in [0.2, 0.25) is 0 Å². The van der Waals surface area contributed by atoms with Crippen LogP contribution < -0.4 is 10.1 Å². The molecule has 0 aromatic heterocycles. The van der Waals surface area contributed by atoms with Gasteiger partial charge in [0.05, 0.1) is 4.92 Å². The van der Waals surface area contributed by atoms with Crippen molar-refractivity contribution in [3.8, 4) is 5.75 Å². The largest absolute Gasteiger partial charge is 0.445 e. The third kappa shape index (κ3) is 6.04. The van der Waals surface area contributed by atoms with E-state index in [0.717, 1.165) is 37.7 Å². The van der Waals surface area contributed by atoms with Crippen molar-refractivity contribution in [1.29, 1.82) is 0 Å². The summed E-state index contributed by atoms with van der Waals surface area (Å²) >= 11 is 0. The zero-order valence-electron chi connectivity index (χ0n) is 16.5. The second-order valence-corrected chi connectivity index (χ2v) is 7.25. The van der Waals surface area contributed by atoms with Crippen LogP contribution in [0.5, 0.6) is 5.75 Å². The third-order valence-electron chi connectivity index (χ3n) is 5.13. The van der Waals surface area contributed by atoms with Crippen molar-refractivity contribution < 1.29 is 24.0 Å². The predicted octanol–water partition coefficient (Wildman–Crippen LogP) is 4.38. The monoisotopic (exact) mass is 412 g/mol. The summed E-state index contributed by atoms with van der Waals surface area (Å²) in [6.07, 6.45) is 3.98. The van der Waals surface area contributed by atoms with Gasteiger partial charge in [-0.1, -0.05) is 49.6 Å². The van der Waals surface area contributed by atoms with Crippen molar-refractivity contribution in [2.75, 3.05) is 0 Å². The summed E-state index contributed by atoms with van der Waals surface area (Å²) in [6.45, 7) is 0.0987. The molecule has 3 rings (SSSR count). The van der Waals surface area contributed by atoms with Crippen LogP contribution in [-0.2, 0) is 16.1 Å². The van der Waals surface area contributed by atoms with Gasteiger partial charge in [-0.25, -0.2) is 9.59 Å². The van der Waals surface area contributed by atoms with Gasteiger partial charge in [-0.05, 0) is 36.5 Å². The van der Waals surface area contributed by atoms with Crippen molar-refractivity contribution in [3.05, 3.63) is 70.3 Å². The Kier molecular flexibility index (Phi) is 7.37. The van der Waals surface area contributed by atoms with Gasteiger partial charge in [0.25, 0.3) is 5.69 Å². The Morgan fingerprint density at radius 2 is 1.70 bits per heavy atom. The molecular weight excluding hydrogens is 388 g/mol. The number of nitro groups is 1. The minimum absolute atomic E-state index is 0.0476. The fourth-order valence-corrected chi connectivity index (χ4v) is 3.54. The Morgan fingerprint density at radius 3 is 2.33 bits per heavy atom. The minimum atomic E-state index is -0.844. The first kappa shape index (κ1) is 21.3. The number of nitro benzene ring substituents is 1. The van der Waals surface area contributed by atoms with Crippen molar-refractivity contribution >= 4 is 17.7 Å². The molecule has 0 aliphatic heterocycles. The third-order valence-corrected chi connectivity index (χ3v) is 5.13. The summed E-state index contributed by atoms with van der Waals surface area (Å²) in [6, 6.07) is 13.7. The molecular formula is C22H24N2O6. The topological polar surface area (TPSA) is 108 Å². The zero-order chi connectivity index (χ0) is 21.3. The van der Waals surface area contributed by atoms with E-state index in [2.05, 4.69) is 5.32 Å². The average molecular weight is 412 g/mol. The number of amides is 1. The highest BCUT2D eigenvalue weighted by Gasteiger charge is 2.33. The second kappa shape index (κ2) is 10.4. The van der Waals surface area contributed by atoms with Gasteiger partial charge in [-0.3, -0.25) is 10.1 Å². The van der Waals surface area contributed by atoms with Crippen LogP contribution in [0.2, 0.25) is 0 Å². The lowest BCUT2D eigenvalue weighted by Crippen LogP contribution is -2.48. The Bertz CT molecular complexity index is 863. The number of hydrogen-bond acceptors (Lipinski definition) is 6. The molecule has 2 aromatic rings. The second-order valence-electron chi connectivity index (χ2n) is 7.25. The summed E-state index contributed by atoms with van der Waals surface area (Å²) in [7, 11) is 0. The van der Waals surface area contributed by atoms with Crippen molar-refractivity contribution in [2.24, 2.45) is 5.92 Å². The maximum atomic E-state index is 12.8. The number of ether oxygens (including phenoxy) is 2. The molecule has 0 bridgehead atoms. The van der Waals surface area contributed by atoms with E-state index in [-0.39, 0.29) is 24.0 Å². The highest BCUT2D eigenvalue weighted by Crippen LogP contribution is 2.28. The minimum Gasteiger partial charge on any atom is -0.445 e. The number of carbonyl (C=O) groups is 2. The van der Waals surface area contributed by atoms with Crippen LogP contribution >= 0.6 is 0 Å². The van der Waals surface area contributed by atoms with Crippen LogP contribution in [0.1, 0.15) is 37.7 Å². The molecule has 8 heteroatoms. The molecule has 0 heterocycles. The maximum absolute atomic E-state index is 12.8. The fourth-order valence-electron chi connectivity index (χ4n) is 3.54. The zero-order valence-corrected chi connectivity index (χ0v) is 16.5. The predicted molar refractivity (Wildman–Crippen MR) is 109 cm³/mol. The Labute approximate surface area is 174 Å². The number of nitrogens with one attached hydrogen (secondary N) is 1. The molecule has 158 valence electrons. The molecule has 1 unspecified atom stereocenters. The summed E-state index contributed by atoms with van der Waals surface area (Å²) in [5.74, 6) is -0.466. The fraction of sp³-hybridized carbons (Fsp3) is 0.364. The molecule has 0 saturated heterocycles. The SMILES string of the molecule is O=C(NC(C(=O)Oc1ccc([N+](=O)[O-])cc1)C1CCCCC1)OCc1ccccc1. The molecule has 0 radical (unpaired) electrons. The van der Waals surface area contributed by atoms with Crippen LogP contribution in [0.15, 0.2) is 54.6 Å². The molecule has 1 aliphatic carbocycles. The first-order valence-corrected chi connectivity index (χ1v) is 9.96. The molecule has 1 atom stereocenters. The molecule has 0 spiro atoms. The van der Waals surface area contributed by atoms with Gasteiger partial charge in [0.15, 0.2) is 0 Å². The molecule has 1 fully saturated rings. The summed E-state index contributed by atoms with van der Waals surface area (Å²) in [4.78, 5) is 35.4. The Balaban J connectivity index is 1.64. The number of nitrogens with zero attached hydrogens (tertiary/aromatic N) is 1. The van der Waals surface area contributed by atoms with Crippen molar-refractivity contribution in [3.63, 3.8) is 0 Å². The van der Waals surface area contributed by atoms with Crippen molar-refractivity contribution in [1.82, 2.24) is 5.32 Å². The Hall–Kier alpha value is -3.42. The number of benzene rings is 2. The quantitative estimate of drug-likeness (QED) is 0.313. The van der Waals surface area contributed by atoms with Gasteiger partial charge in [-0.2, -0.15) is 0 Å². The average Bonchev–Trinajstić information content (AvgIpc) is 2.77. The Morgan fingerprint density at radius 1 is 1.03 bits per heavy atom. The number of carbonyl (C=O) groups excluding carboxylic acids is 2. The highest BCUT2D eigenvalue weighted by molar-refractivity contribution is 5.83. The van der Waals surface area contributed by atoms with Crippen LogP contribution in [0.25, 0.3) is 0 Å². The number of rotatable bonds is 7. The molecule has 2 aromatic carbocycles. The van der Waals surface area contributed by atoms with Crippen LogP contribution in [0.3, 0.4) is 0 Å². The van der Waals surface area contributed by atoms with E-state index < -0.39 is 23.0 Å². The lowest BCUT2D eigenvalue weighted by atomic mass is 9.84. The summed E-state index contributed by atoms with van der Waals surface area (Å²) in [5.41, 5.74) is 0.747. The van der Waals surface area contributed by atoms with Gasteiger partial charge >= 0.3 is 12.1 Å². The molecule has 8 nitrogen and oxygen atoms in total. The van der Waals surface area contributed by atoms with Crippen LogP contribution in [-0.4, -0.2) is 23.0 Å². The van der Waals surface area contributed by atoms with E-state index in [4.69, 9.17) is 9.47 Å². The summed E-state index contributed by atoms with van der Waals surface area (Å²) in [5, 5.41) is 13.4. The number of alkyl carbamates (subject to hydrolysis) is 1. The lowest BCUT2D eigenvalue weighted by Gasteiger charge is -2.29. The normalized spacial score (nSPS) is 15.1. The van der Waals surface area contributed by atoms with Gasteiger partial charge in [-0.15, -0.1) is 0 Å². The smallest absolute Gasteiger partial charge is 0.408 e. The van der Waals surface area contributed by atoms with Crippen LogP contribution in [0.4, 0.5) is 10.5 Å². The molecule has 1 N–H and O–H groups in total. The standard InChI is InChI=1S/C22H24N2O6/c25-21(30-19-13-11-18(12-14-19)24(27)28)20(17-9-5-2-6-10-17)23-22(26)29-15-16-7-3-1-4-8-16/h1,3-4,7-8,11-14,17,20H,2,5-6,9-10,15H2,(H,23,26). The maximum Gasteiger partial charge on any atom is 0.408 e. The number of non-ortho nitro benzene ring substituents is 1. The van der Waals surface area contributed by atoms with E-state index in [1.54, 1.807) is 0 Å².